The van der Waals surface area contributed by atoms with E-state index < -0.39 is 0 Å². The van der Waals surface area contributed by atoms with Crippen molar-refractivity contribution in [3.8, 4) is 16.9 Å². The first-order valence-electron chi connectivity index (χ1n) is 12.3. The van der Waals surface area contributed by atoms with Crippen molar-refractivity contribution in [1.82, 2.24) is 13.9 Å². The van der Waals surface area contributed by atoms with E-state index >= 15 is 0 Å². The van der Waals surface area contributed by atoms with Gasteiger partial charge in [-0.25, -0.2) is 9.67 Å². The molecule has 0 unspecified atom stereocenters. The number of nitro benzene ring substituents is 1. The number of nitro groups is 1. The third-order valence-corrected chi connectivity index (χ3v) is 7.86. The van der Waals surface area contributed by atoms with E-state index in [4.69, 9.17) is 4.99 Å². The minimum Gasteiger partial charge on any atom is -0.313 e. The zero-order valence-electron chi connectivity index (χ0n) is 20.5. The van der Waals surface area contributed by atoms with Crippen LogP contribution in [-0.2, 0) is 7.05 Å². The summed E-state index contributed by atoms with van der Waals surface area (Å²) in [6.07, 6.45) is 6.72. The van der Waals surface area contributed by atoms with Crippen LogP contribution in [0.25, 0.3) is 16.9 Å². The molecule has 2 heterocycles. The Kier molecular flexibility index (Phi) is 6.73. The molecule has 1 aliphatic carbocycles. The van der Waals surface area contributed by atoms with Crippen LogP contribution in [0.4, 0.5) is 11.4 Å². The first-order valence-corrected chi connectivity index (χ1v) is 13.2. The Balaban J connectivity index is 1.71. The number of thiazole rings is 1. The van der Waals surface area contributed by atoms with Crippen LogP contribution < -0.4 is 10.4 Å². The summed E-state index contributed by atoms with van der Waals surface area (Å²) in [5, 5.41) is 13.4. The molecule has 0 amide bonds. The molecule has 0 atom stereocenters. The minimum absolute atomic E-state index is 0.0641. The molecular weight excluding hydrogens is 474 g/mol. The summed E-state index contributed by atoms with van der Waals surface area (Å²) >= 11 is 1.48. The van der Waals surface area contributed by atoms with Crippen molar-refractivity contribution >= 4 is 22.7 Å². The summed E-state index contributed by atoms with van der Waals surface area (Å²) < 4.78 is 5.69. The lowest BCUT2D eigenvalue weighted by Gasteiger charge is -2.19. The lowest BCUT2D eigenvalue weighted by atomic mass is 10.1. The van der Waals surface area contributed by atoms with Gasteiger partial charge in [-0.05, 0) is 31.9 Å². The van der Waals surface area contributed by atoms with Crippen LogP contribution in [0.15, 0.2) is 69.8 Å². The Hall–Kier alpha value is -3.72. The average molecular weight is 504 g/mol. The molecule has 0 saturated heterocycles. The summed E-state index contributed by atoms with van der Waals surface area (Å²) in [5.74, 6) is 0. The van der Waals surface area contributed by atoms with Crippen molar-refractivity contribution in [2.24, 2.45) is 12.0 Å². The number of nitrogens with zero attached hydrogens (tertiary/aromatic N) is 5. The lowest BCUT2D eigenvalue weighted by Crippen LogP contribution is -2.23. The summed E-state index contributed by atoms with van der Waals surface area (Å²) in [4.78, 5) is 30.3. The molecule has 0 bridgehead atoms. The third kappa shape index (κ3) is 4.46. The Morgan fingerprint density at radius 1 is 1.03 bits per heavy atom. The van der Waals surface area contributed by atoms with Crippen LogP contribution in [-0.4, -0.2) is 18.9 Å². The molecule has 1 aliphatic rings. The maximum absolute atomic E-state index is 13.5. The Morgan fingerprint density at radius 2 is 1.75 bits per heavy atom. The quantitative estimate of drug-likeness (QED) is 0.189. The lowest BCUT2D eigenvalue weighted by molar-refractivity contribution is -0.384. The number of para-hydroxylation sites is 1. The third-order valence-electron chi connectivity index (χ3n) is 7.02. The molecule has 9 heteroatoms. The van der Waals surface area contributed by atoms with Gasteiger partial charge < -0.3 is 4.57 Å². The topological polar surface area (TPSA) is 87.4 Å². The van der Waals surface area contributed by atoms with Gasteiger partial charge >= 0.3 is 0 Å². The maximum atomic E-state index is 13.5. The molecule has 0 spiro atoms. The molecular formula is C27H29N5O3S. The van der Waals surface area contributed by atoms with Gasteiger partial charge in [-0.3, -0.25) is 19.6 Å². The van der Waals surface area contributed by atoms with Gasteiger partial charge in [0.2, 0.25) is 0 Å². The highest BCUT2D eigenvalue weighted by Gasteiger charge is 2.22. The van der Waals surface area contributed by atoms with Crippen LogP contribution in [0.5, 0.6) is 0 Å². The summed E-state index contributed by atoms with van der Waals surface area (Å²) in [7, 11) is 1.87. The van der Waals surface area contributed by atoms with Crippen molar-refractivity contribution in [1.29, 1.82) is 0 Å². The first-order chi connectivity index (χ1) is 17.5. The molecule has 5 rings (SSSR count). The summed E-state index contributed by atoms with van der Waals surface area (Å²) in [6.45, 7) is 1.91. The van der Waals surface area contributed by atoms with Gasteiger partial charge in [-0.15, -0.1) is 11.3 Å². The molecule has 4 aromatic rings. The minimum atomic E-state index is -0.365. The van der Waals surface area contributed by atoms with Gasteiger partial charge in [0.25, 0.3) is 11.2 Å². The second-order valence-corrected chi connectivity index (χ2v) is 10.1. The second-order valence-electron chi connectivity index (χ2n) is 9.25. The molecule has 1 fully saturated rings. The molecule has 0 N–H and O–H groups in total. The number of benzene rings is 2. The highest BCUT2D eigenvalue weighted by Crippen LogP contribution is 2.33. The Labute approximate surface area is 212 Å². The van der Waals surface area contributed by atoms with Gasteiger partial charge in [-0.2, -0.15) is 0 Å². The van der Waals surface area contributed by atoms with Crippen LogP contribution in [0.3, 0.4) is 0 Å². The average Bonchev–Trinajstić information content (AvgIpc) is 3.24. The Morgan fingerprint density at radius 3 is 2.44 bits per heavy atom. The van der Waals surface area contributed by atoms with Gasteiger partial charge in [0.05, 0.1) is 22.0 Å². The predicted octanol–water partition coefficient (Wildman–Crippen LogP) is 6.05. The Bertz CT molecular complexity index is 1520. The van der Waals surface area contributed by atoms with Gasteiger partial charge in [-0.1, -0.05) is 56.0 Å². The molecule has 0 radical (unpaired) electrons. The van der Waals surface area contributed by atoms with Crippen LogP contribution >= 0.6 is 11.3 Å². The van der Waals surface area contributed by atoms with Gasteiger partial charge in [0, 0.05) is 36.2 Å². The van der Waals surface area contributed by atoms with Gasteiger partial charge in [0.15, 0.2) is 10.5 Å². The zero-order valence-corrected chi connectivity index (χ0v) is 21.3. The largest absolute Gasteiger partial charge is 0.313 e. The zero-order chi connectivity index (χ0) is 25.2. The van der Waals surface area contributed by atoms with E-state index in [2.05, 4.69) is 4.57 Å². The van der Waals surface area contributed by atoms with Crippen molar-refractivity contribution in [3.63, 3.8) is 0 Å². The van der Waals surface area contributed by atoms with Crippen molar-refractivity contribution in [2.75, 3.05) is 0 Å². The molecule has 36 heavy (non-hydrogen) atoms. The molecule has 0 aliphatic heterocycles. The number of non-ortho nitro benzene ring substituents is 1. The smallest absolute Gasteiger partial charge is 0.297 e. The standard InChI is InChI=1S/C27H29N5O3S/c1-19-25(26(33)31(29(19)2)22-14-8-5-9-15-22)28-27-30(21-12-6-3-4-7-13-21)24(18-36-27)20-11-10-16-23(17-20)32(34)35/h5,8-11,14-18,21H,3-4,6-7,12-13H2,1-2H3. The number of hydrogen-bond acceptors (Lipinski definition) is 5. The molecule has 186 valence electrons. The molecule has 1 saturated carbocycles. The predicted molar refractivity (Wildman–Crippen MR) is 142 cm³/mol. The number of aromatic nitrogens is 3. The van der Waals surface area contributed by atoms with E-state index in [0.29, 0.717) is 5.69 Å². The maximum Gasteiger partial charge on any atom is 0.297 e. The highest BCUT2D eigenvalue weighted by atomic mass is 32.1. The second kappa shape index (κ2) is 10.1. The fourth-order valence-electron chi connectivity index (χ4n) is 5.04. The SMILES string of the molecule is Cc1c(N=c2scc(-c3cccc([N+](=O)[O-])c3)n2C2CCCCCC2)c(=O)n(-c2ccccc2)n1C. The van der Waals surface area contributed by atoms with Crippen molar-refractivity contribution < 1.29 is 4.92 Å². The van der Waals surface area contributed by atoms with E-state index in [1.807, 2.05) is 60.4 Å². The van der Waals surface area contributed by atoms with Crippen LogP contribution in [0.2, 0.25) is 0 Å². The molecule has 2 aromatic carbocycles. The van der Waals surface area contributed by atoms with E-state index in [1.165, 1.54) is 30.2 Å². The summed E-state index contributed by atoms with van der Waals surface area (Å²) in [6, 6.07) is 16.5. The monoisotopic (exact) mass is 503 g/mol. The van der Waals surface area contributed by atoms with Crippen LogP contribution in [0.1, 0.15) is 50.3 Å². The van der Waals surface area contributed by atoms with Crippen LogP contribution in [0, 0.1) is 17.0 Å². The fraction of sp³-hybridized carbons (Fsp3) is 0.333. The molecule has 8 nitrogen and oxygen atoms in total. The van der Waals surface area contributed by atoms with Crippen molar-refractivity contribution in [2.45, 2.75) is 51.5 Å². The highest BCUT2D eigenvalue weighted by molar-refractivity contribution is 7.07. The van der Waals surface area contributed by atoms with Gasteiger partial charge in [0.1, 0.15) is 0 Å². The van der Waals surface area contributed by atoms with E-state index in [1.54, 1.807) is 16.8 Å². The fourth-order valence-corrected chi connectivity index (χ4v) is 6.01. The van der Waals surface area contributed by atoms with E-state index in [-0.39, 0.29) is 22.2 Å². The molecule has 2 aromatic heterocycles. The first kappa shape index (κ1) is 24.0. The van der Waals surface area contributed by atoms with Crippen molar-refractivity contribution in [3.05, 3.63) is 90.9 Å². The summed E-state index contributed by atoms with van der Waals surface area (Å²) in [5.41, 5.74) is 3.57. The normalized spacial score (nSPS) is 15.2. The van der Waals surface area contributed by atoms with E-state index in [9.17, 15) is 14.9 Å². The number of rotatable bonds is 5. The number of hydrogen-bond donors (Lipinski definition) is 0. The van der Waals surface area contributed by atoms with E-state index in [0.717, 1.165) is 53.1 Å².